The molecule has 1 atom stereocenters. The van der Waals surface area contributed by atoms with Crippen LogP contribution in [-0.2, 0) is 4.74 Å². The molecule has 0 bridgehead atoms. The number of hydrogen-bond donors (Lipinski definition) is 1. The fourth-order valence-corrected chi connectivity index (χ4v) is 2.61. The normalized spacial score (nSPS) is 15.4. The van der Waals surface area contributed by atoms with Crippen LogP contribution in [0, 0.1) is 0 Å². The molecular formula is C14H32N2O. The zero-order valence-electron chi connectivity index (χ0n) is 12.8. The van der Waals surface area contributed by atoms with E-state index < -0.39 is 0 Å². The Bertz CT molecular complexity index is 210. The molecule has 0 spiro atoms. The van der Waals surface area contributed by atoms with Gasteiger partial charge in [-0.15, -0.1) is 0 Å². The van der Waals surface area contributed by atoms with Gasteiger partial charge in [0, 0.05) is 18.7 Å². The predicted molar refractivity (Wildman–Crippen MR) is 75.3 cm³/mol. The van der Waals surface area contributed by atoms with Crippen molar-refractivity contribution in [1.82, 2.24) is 4.90 Å². The highest BCUT2D eigenvalue weighted by atomic mass is 16.5. The van der Waals surface area contributed by atoms with E-state index >= 15 is 0 Å². The Morgan fingerprint density at radius 3 is 1.94 bits per heavy atom. The van der Waals surface area contributed by atoms with Crippen LogP contribution in [0.3, 0.4) is 0 Å². The molecular weight excluding hydrogens is 212 g/mol. The van der Waals surface area contributed by atoms with Gasteiger partial charge in [-0.3, -0.25) is 0 Å². The second kappa shape index (κ2) is 6.72. The first-order chi connectivity index (χ1) is 7.75. The predicted octanol–water partition coefficient (Wildman–Crippen LogP) is 2.64. The fourth-order valence-electron chi connectivity index (χ4n) is 2.61. The average Bonchev–Trinajstić information content (AvgIpc) is 2.28. The number of rotatable bonds is 8. The number of hydrogen-bond acceptors (Lipinski definition) is 3. The van der Waals surface area contributed by atoms with E-state index in [4.69, 9.17) is 10.5 Å². The zero-order valence-corrected chi connectivity index (χ0v) is 12.8. The molecule has 0 aliphatic heterocycles. The Morgan fingerprint density at radius 1 is 1.18 bits per heavy atom. The first-order valence-electron chi connectivity index (χ1n) is 6.74. The minimum Gasteiger partial charge on any atom is -0.379 e. The van der Waals surface area contributed by atoms with Crippen molar-refractivity contribution in [3.8, 4) is 0 Å². The molecule has 0 amide bonds. The van der Waals surface area contributed by atoms with Gasteiger partial charge in [0.25, 0.3) is 0 Å². The van der Waals surface area contributed by atoms with Crippen LogP contribution in [0.4, 0.5) is 0 Å². The highest BCUT2D eigenvalue weighted by Crippen LogP contribution is 2.29. The molecule has 0 aromatic carbocycles. The Hall–Kier alpha value is -0.120. The molecule has 0 aromatic heterocycles. The maximum atomic E-state index is 6.44. The maximum Gasteiger partial charge on any atom is 0.0623 e. The van der Waals surface area contributed by atoms with Gasteiger partial charge in [0.1, 0.15) is 0 Å². The van der Waals surface area contributed by atoms with Crippen molar-refractivity contribution in [2.24, 2.45) is 5.73 Å². The van der Waals surface area contributed by atoms with Crippen LogP contribution in [0.1, 0.15) is 53.4 Å². The summed E-state index contributed by atoms with van der Waals surface area (Å²) in [7, 11) is 6.03. The third-order valence-electron chi connectivity index (χ3n) is 4.42. The first-order valence-corrected chi connectivity index (χ1v) is 6.74. The van der Waals surface area contributed by atoms with Gasteiger partial charge in [0.15, 0.2) is 0 Å². The standard InChI is InChI=1S/C14H32N2O/c1-8-14(9-2,16(5)6)12(15)10-11-13(3,4)17-7/h12H,8-11,15H2,1-7H3. The summed E-state index contributed by atoms with van der Waals surface area (Å²) in [6, 6.07) is 0.196. The molecule has 0 rings (SSSR count). The van der Waals surface area contributed by atoms with Crippen LogP contribution in [0.25, 0.3) is 0 Å². The van der Waals surface area contributed by atoms with Crippen LogP contribution < -0.4 is 5.73 Å². The lowest BCUT2D eigenvalue weighted by atomic mass is 9.80. The third-order valence-corrected chi connectivity index (χ3v) is 4.42. The number of methoxy groups -OCH3 is 1. The van der Waals surface area contributed by atoms with Crippen molar-refractivity contribution in [3.05, 3.63) is 0 Å². The third kappa shape index (κ3) is 4.23. The van der Waals surface area contributed by atoms with Crippen LogP contribution in [0.2, 0.25) is 0 Å². The summed E-state index contributed by atoms with van der Waals surface area (Å²) in [6.07, 6.45) is 4.18. The monoisotopic (exact) mass is 244 g/mol. The van der Waals surface area contributed by atoms with E-state index in [2.05, 4.69) is 46.7 Å². The molecule has 0 saturated heterocycles. The lowest BCUT2D eigenvalue weighted by Crippen LogP contribution is -2.57. The van der Waals surface area contributed by atoms with Gasteiger partial charge in [-0.2, -0.15) is 0 Å². The second-order valence-electron chi connectivity index (χ2n) is 5.81. The molecule has 3 heteroatoms. The molecule has 0 radical (unpaired) electrons. The Balaban J connectivity index is 4.60. The summed E-state index contributed by atoms with van der Waals surface area (Å²) in [5.74, 6) is 0. The average molecular weight is 244 g/mol. The van der Waals surface area contributed by atoms with E-state index in [0.717, 1.165) is 25.7 Å². The minimum absolute atomic E-state index is 0.0723. The van der Waals surface area contributed by atoms with E-state index in [9.17, 15) is 0 Å². The summed E-state index contributed by atoms with van der Waals surface area (Å²) in [5.41, 5.74) is 6.48. The van der Waals surface area contributed by atoms with Gasteiger partial charge in [-0.05, 0) is 53.6 Å². The first kappa shape index (κ1) is 16.9. The summed E-state index contributed by atoms with van der Waals surface area (Å²) < 4.78 is 5.46. The van der Waals surface area contributed by atoms with Gasteiger partial charge in [-0.1, -0.05) is 13.8 Å². The van der Waals surface area contributed by atoms with Crippen molar-refractivity contribution in [2.45, 2.75) is 70.6 Å². The molecule has 0 saturated carbocycles. The number of nitrogens with two attached hydrogens (primary N) is 1. The molecule has 104 valence electrons. The Kier molecular flexibility index (Phi) is 6.67. The number of nitrogens with zero attached hydrogens (tertiary/aromatic N) is 1. The topological polar surface area (TPSA) is 38.5 Å². The van der Waals surface area contributed by atoms with Crippen molar-refractivity contribution < 1.29 is 4.74 Å². The molecule has 0 aromatic rings. The van der Waals surface area contributed by atoms with Gasteiger partial charge >= 0.3 is 0 Å². The van der Waals surface area contributed by atoms with E-state index in [1.165, 1.54) is 0 Å². The second-order valence-corrected chi connectivity index (χ2v) is 5.81. The summed E-state index contributed by atoms with van der Waals surface area (Å²) >= 11 is 0. The quantitative estimate of drug-likeness (QED) is 0.713. The van der Waals surface area contributed by atoms with Gasteiger partial charge in [-0.25, -0.2) is 0 Å². The lowest BCUT2D eigenvalue weighted by Gasteiger charge is -2.44. The van der Waals surface area contributed by atoms with E-state index in [-0.39, 0.29) is 17.2 Å². The van der Waals surface area contributed by atoms with Crippen molar-refractivity contribution in [1.29, 1.82) is 0 Å². The summed E-state index contributed by atoms with van der Waals surface area (Å²) in [4.78, 5) is 2.29. The largest absolute Gasteiger partial charge is 0.379 e. The van der Waals surface area contributed by atoms with Crippen molar-refractivity contribution in [3.63, 3.8) is 0 Å². The molecule has 0 aliphatic carbocycles. The van der Waals surface area contributed by atoms with Crippen LogP contribution in [0.15, 0.2) is 0 Å². The SMILES string of the molecule is CCC(CC)(C(N)CCC(C)(C)OC)N(C)C. The van der Waals surface area contributed by atoms with E-state index in [1.807, 2.05) is 0 Å². The van der Waals surface area contributed by atoms with Gasteiger partial charge < -0.3 is 15.4 Å². The van der Waals surface area contributed by atoms with Crippen molar-refractivity contribution in [2.75, 3.05) is 21.2 Å². The summed E-state index contributed by atoms with van der Waals surface area (Å²) in [6.45, 7) is 8.69. The molecule has 1 unspecified atom stereocenters. The zero-order chi connectivity index (χ0) is 13.7. The molecule has 0 aliphatic rings. The Labute approximate surface area is 108 Å². The van der Waals surface area contributed by atoms with E-state index in [1.54, 1.807) is 7.11 Å². The number of likely N-dealkylation sites (N-methyl/N-ethyl adjacent to an activating group) is 1. The van der Waals surface area contributed by atoms with Crippen LogP contribution in [0.5, 0.6) is 0 Å². The smallest absolute Gasteiger partial charge is 0.0623 e. The van der Waals surface area contributed by atoms with Gasteiger partial charge in [0.2, 0.25) is 0 Å². The maximum absolute atomic E-state index is 6.44. The molecule has 0 heterocycles. The van der Waals surface area contributed by atoms with Gasteiger partial charge in [0.05, 0.1) is 5.60 Å². The molecule has 3 nitrogen and oxygen atoms in total. The minimum atomic E-state index is -0.0723. The molecule has 0 fully saturated rings. The summed E-state index contributed by atoms with van der Waals surface area (Å²) in [5, 5.41) is 0. The molecule has 17 heavy (non-hydrogen) atoms. The molecule has 2 N–H and O–H groups in total. The highest BCUT2D eigenvalue weighted by Gasteiger charge is 2.36. The highest BCUT2D eigenvalue weighted by molar-refractivity contribution is 4.95. The van der Waals surface area contributed by atoms with Crippen LogP contribution >= 0.6 is 0 Å². The van der Waals surface area contributed by atoms with Crippen molar-refractivity contribution >= 4 is 0 Å². The van der Waals surface area contributed by atoms with E-state index in [0.29, 0.717) is 0 Å². The van der Waals surface area contributed by atoms with Crippen LogP contribution in [-0.4, -0.2) is 43.3 Å². The fraction of sp³-hybridized carbons (Fsp3) is 1.00. The number of ether oxygens (including phenoxy) is 1. The lowest BCUT2D eigenvalue weighted by molar-refractivity contribution is 0.00535. The Morgan fingerprint density at radius 2 is 1.65 bits per heavy atom.